The lowest BCUT2D eigenvalue weighted by Crippen LogP contribution is -2.13. The third kappa shape index (κ3) is 1.71. The highest BCUT2D eigenvalue weighted by Crippen LogP contribution is 2.30. The van der Waals surface area contributed by atoms with Crippen LogP contribution < -0.4 is 11.5 Å². The number of nitrogens with two attached hydrogens (primary N) is 2. The van der Waals surface area contributed by atoms with E-state index in [1.54, 1.807) is 0 Å². The minimum absolute atomic E-state index is 0.339. The number of amides is 1. The van der Waals surface area contributed by atoms with Crippen molar-refractivity contribution in [2.45, 2.75) is 0 Å². The van der Waals surface area contributed by atoms with Gasteiger partial charge in [0.15, 0.2) is 0 Å². The Morgan fingerprint density at radius 1 is 1.29 bits per heavy atom. The van der Waals surface area contributed by atoms with E-state index in [1.807, 2.05) is 0 Å². The van der Waals surface area contributed by atoms with Crippen molar-refractivity contribution in [3.63, 3.8) is 0 Å². The van der Waals surface area contributed by atoms with Crippen LogP contribution in [0, 0.1) is 11.6 Å². The number of anilines is 1. The first-order valence-electron chi connectivity index (χ1n) is 4.51. The minimum Gasteiger partial charge on any atom is -0.367 e. The second kappa shape index (κ2) is 3.85. The molecule has 0 saturated carbocycles. The molecule has 1 heterocycles. The molecule has 1 aromatic carbocycles. The van der Waals surface area contributed by atoms with Gasteiger partial charge in [-0.1, -0.05) is 11.2 Å². The second-order valence-electron chi connectivity index (χ2n) is 3.23. The molecule has 0 radical (unpaired) electrons. The van der Waals surface area contributed by atoms with Gasteiger partial charge in [0.05, 0.1) is 5.56 Å². The predicted molar refractivity (Wildman–Crippen MR) is 54.8 cm³/mol. The van der Waals surface area contributed by atoms with Gasteiger partial charge in [0.2, 0.25) is 5.88 Å². The normalized spacial score (nSPS) is 10.5. The van der Waals surface area contributed by atoms with Crippen LogP contribution in [0.1, 0.15) is 10.4 Å². The topological polar surface area (TPSA) is 95.1 Å². The lowest BCUT2D eigenvalue weighted by molar-refractivity contribution is 0.100. The molecule has 4 N–H and O–H groups in total. The molecule has 0 aliphatic carbocycles. The molecule has 1 amide bonds. The van der Waals surface area contributed by atoms with Crippen molar-refractivity contribution < 1.29 is 18.1 Å². The van der Waals surface area contributed by atoms with Crippen LogP contribution in [0.2, 0.25) is 0 Å². The fourth-order valence-electron chi connectivity index (χ4n) is 1.44. The molecule has 2 rings (SSSR count). The zero-order valence-corrected chi connectivity index (χ0v) is 8.41. The number of hydrogen-bond donors (Lipinski definition) is 2. The molecule has 0 spiro atoms. The number of rotatable bonds is 2. The van der Waals surface area contributed by atoms with Crippen molar-refractivity contribution in [1.82, 2.24) is 5.16 Å². The summed E-state index contributed by atoms with van der Waals surface area (Å²) in [7, 11) is 0. The summed E-state index contributed by atoms with van der Waals surface area (Å²) in [5.74, 6) is -3.13. The van der Waals surface area contributed by atoms with Gasteiger partial charge in [0, 0.05) is 0 Å². The van der Waals surface area contributed by atoms with Crippen LogP contribution in [0.4, 0.5) is 14.7 Å². The molecule has 17 heavy (non-hydrogen) atoms. The number of hydrogen-bond acceptors (Lipinski definition) is 4. The highest BCUT2D eigenvalue weighted by molar-refractivity contribution is 6.02. The minimum atomic E-state index is -0.971. The summed E-state index contributed by atoms with van der Waals surface area (Å²) < 4.78 is 31.5. The number of carbonyl (C=O) groups is 1. The van der Waals surface area contributed by atoms with Gasteiger partial charge in [0.1, 0.15) is 22.9 Å². The third-order valence-corrected chi connectivity index (χ3v) is 2.16. The molecule has 1 aromatic heterocycles. The number of carbonyl (C=O) groups excluding carboxylic acids is 1. The van der Waals surface area contributed by atoms with Gasteiger partial charge in [-0.05, 0) is 12.1 Å². The van der Waals surface area contributed by atoms with Crippen LogP contribution in [0.25, 0.3) is 11.3 Å². The van der Waals surface area contributed by atoms with E-state index in [1.165, 1.54) is 6.07 Å². The van der Waals surface area contributed by atoms with E-state index >= 15 is 0 Å². The van der Waals surface area contributed by atoms with E-state index in [9.17, 15) is 13.6 Å². The van der Waals surface area contributed by atoms with Gasteiger partial charge in [-0.2, -0.15) is 0 Å². The molecule has 0 aliphatic heterocycles. The maximum Gasteiger partial charge on any atom is 0.256 e. The highest BCUT2D eigenvalue weighted by Gasteiger charge is 2.24. The van der Waals surface area contributed by atoms with E-state index in [0.717, 1.165) is 12.1 Å². The van der Waals surface area contributed by atoms with E-state index < -0.39 is 23.1 Å². The van der Waals surface area contributed by atoms with Crippen molar-refractivity contribution in [2.24, 2.45) is 5.73 Å². The molecule has 0 saturated heterocycles. The number of primary amides is 1. The predicted octanol–water partition coefficient (Wildman–Crippen LogP) is 1.30. The van der Waals surface area contributed by atoms with Crippen molar-refractivity contribution in [3.8, 4) is 11.3 Å². The smallest absolute Gasteiger partial charge is 0.256 e. The number of benzene rings is 1. The summed E-state index contributed by atoms with van der Waals surface area (Å²) in [6, 6.07) is 3.23. The lowest BCUT2D eigenvalue weighted by atomic mass is 10.1. The monoisotopic (exact) mass is 239 g/mol. The largest absolute Gasteiger partial charge is 0.367 e. The quantitative estimate of drug-likeness (QED) is 0.825. The first-order valence-corrected chi connectivity index (χ1v) is 4.51. The fourth-order valence-corrected chi connectivity index (χ4v) is 1.44. The number of nitrogen functional groups attached to an aromatic ring is 1. The standard InChI is InChI=1S/C10H7F2N3O2/c11-4-2-1-3-5(12)6(4)8-7(9(13)16)10(14)17-15-8/h1-3H,14H2,(H2,13,16). The Labute approximate surface area is 94.0 Å². The molecular formula is C10H7F2N3O2. The number of aromatic nitrogens is 1. The molecule has 0 bridgehead atoms. The van der Waals surface area contributed by atoms with Crippen molar-refractivity contribution in [1.29, 1.82) is 0 Å². The summed E-state index contributed by atoms with van der Waals surface area (Å²) >= 11 is 0. The van der Waals surface area contributed by atoms with E-state index in [0.29, 0.717) is 0 Å². The Balaban J connectivity index is 2.73. The van der Waals surface area contributed by atoms with Gasteiger partial charge in [-0.15, -0.1) is 0 Å². The molecule has 88 valence electrons. The van der Waals surface area contributed by atoms with Gasteiger partial charge >= 0.3 is 0 Å². The molecule has 7 heteroatoms. The Morgan fingerprint density at radius 2 is 1.88 bits per heavy atom. The number of nitrogens with zero attached hydrogens (tertiary/aromatic N) is 1. The Hall–Kier alpha value is -2.44. The van der Waals surface area contributed by atoms with Crippen LogP contribution in [0.15, 0.2) is 22.7 Å². The second-order valence-corrected chi connectivity index (χ2v) is 3.23. The number of halogens is 2. The first kappa shape index (κ1) is 11.1. The molecule has 0 atom stereocenters. The van der Waals surface area contributed by atoms with Gasteiger partial charge in [-0.25, -0.2) is 8.78 Å². The van der Waals surface area contributed by atoms with Crippen LogP contribution in [-0.2, 0) is 0 Å². The average molecular weight is 239 g/mol. The Bertz CT molecular complexity index is 575. The van der Waals surface area contributed by atoms with E-state index in [4.69, 9.17) is 11.5 Å². The molecule has 2 aromatic rings. The van der Waals surface area contributed by atoms with Crippen molar-refractivity contribution >= 4 is 11.8 Å². The summed E-state index contributed by atoms with van der Waals surface area (Å²) in [6.45, 7) is 0. The summed E-state index contributed by atoms with van der Waals surface area (Å²) in [6.07, 6.45) is 0. The molecule has 5 nitrogen and oxygen atoms in total. The highest BCUT2D eigenvalue weighted by atomic mass is 19.1. The average Bonchev–Trinajstić information content (AvgIpc) is 2.60. The Morgan fingerprint density at radius 3 is 2.41 bits per heavy atom. The fraction of sp³-hybridized carbons (Fsp3) is 0. The first-order chi connectivity index (χ1) is 8.02. The summed E-state index contributed by atoms with van der Waals surface area (Å²) in [5.41, 5.74) is 9.16. The van der Waals surface area contributed by atoms with Gasteiger partial charge in [0.25, 0.3) is 5.91 Å². The van der Waals surface area contributed by atoms with Gasteiger partial charge < -0.3 is 16.0 Å². The maximum atomic E-state index is 13.5. The summed E-state index contributed by atoms with van der Waals surface area (Å²) in [5, 5.41) is 3.35. The van der Waals surface area contributed by atoms with E-state index in [2.05, 4.69) is 9.68 Å². The van der Waals surface area contributed by atoms with Crippen LogP contribution in [0.3, 0.4) is 0 Å². The Kier molecular flexibility index (Phi) is 2.51. The molecule has 0 aliphatic rings. The zero-order chi connectivity index (χ0) is 12.6. The van der Waals surface area contributed by atoms with Crippen LogP contribution >= 0.6 is 0 Å². The van der Waals surface area contributed by atoms with Gasteiger partial charge in [-0.3, -0.25) is 4.79 Å². The molecule has 0 fully saturated rings. The van der Waals surface area contributed by atoms with Crippen LogP contribution in [-0.4, -0.2) is 11.1 Å². The third-order valence-electron chi connectivity index (χ3n) is 2.16. The van der Waals surface area contributed by atoms with Crippen molar-refractivity contribution in [3.05, 3.63) is 35.4 Å². The maximum absolute atomic E-state index is 13.5. The van der Waals surface area contributed by atoms with Crippen molar-refractivity contribution in [2.75, 3.05) is 5.73 Å². The lowest BCUT2D eigenvalue weighted by Gasteiger charge is -2.01. The summed E-state index contributed by atoms with van der Waals surface area (Å²) in [4.78, 5) is 11.1. The molecule has 0 unspecified atom stereocenters. The van der Waals surface area contributed by atoms with Crippen LogP contribution in [0.5, 0.6) is 0 Å². The SMILES string of the molecule is NC(=O)c1c(-c2c(F)cccc2F)noc1N. The van der Waals surface area contributed by atoms with E-state index in [-0.39, 0.29) is 17.1 Å². The zero-order valence-electron chi connectivity index (χ0n) is 8.41. The molecular weight excluding hydrogens is 232 g/mol.